The van der Waals surface area contributed by atoms with Crippen LogP contribution in [0.3, 0.4) is 0 Å². The summed E-state index contributed by atoms with van der Waals surface area (Å²) in [6, 6.07) is 7.27. The summed E-state index contributed by atoms with van der Waals surface area (Å²) < 4.78 is 1.63. The van der Waals surface area contributed by atoms with E-state index in [0.717, 1.165) is 31.6 Å². The van der Waals surface area contributed by atoms with Gasteiger partial charge in [0, 0.05) is 18.1 Å². The average Bonchev–Trinajstić information content (AvgIpc) is 3.03. The van der Waals surface area contributed by atoms with Crippen molar-refractivity contribution in [3.8, 4) is 5.69 Å². The molecule has 1 saturated heterocycles. The molecule has 1 aliphatic heterocycles. The van der Waals surface area contributed by atoms with E-state index in [2.05, 4.69) is 22.4 Å². The molecule has 8 heteroatoms. The Morgan fingerprint density at radius 2 is 1.96 bits per heavy atom. The largest absolute Gasteiger partial charge is 0.342 e. The lowest BCUT2D eigenvalue weighted by Gasteiger charge is -2.31. The first-order valence-corrected chi connectivity index (χ1v) is 9.30. The van der Waals surface area contributed by atoms with Crippen LogP contribution >= 0.6 is 23.4 Å². The Balaban J connectivity index is 1.69. The molecule has 0 aliphatic carbocycles. The van der Waals surface area contributed by atoms with Gasteiger partial charge in [-0.05, 0) is 60.4 Å². The Morgan fingerprint density at radius 1 is 1.29 bits per heavy atom. The van der Waals surface area contributed by atoms with Crippen molar-refractivity contribution in [3.05, 3.63) is 29.3 Å². The fourth-order valence-electron chi connectivity index (χ4n) is 2.69. The van der Waals surface area contributed by atoms with Gasteiger partial charge in [-0.3, -0.25) is 4.79 Å². The number of hydrogen-bond donors (Lipinski definition) is 0. The Bertz CT molecular complexity index is 697. The van der Waals surface area contributed by atoms with Crippen LogP contribution in [0.2, 0.25) is 5.02 Å². The second-order valence-corrected chi connectivity index (χ2v) is 7.86. The first-order chi connectivity index (χ1) is 11.5. The molecular formula is C16H20ClN5OS. The third-order valence-corrected chi connectivity index (χ3v) is 5.51. The first-order valence-electron chi connectivity index (χ1n) is 8.04. The number of rotatable bonds is 4. The van der Waals surface area contributed by atoms with Gasteiger partial charge in [0.2, 0.25) is 11.1 Å². The van der Waals surface area contributed by atoms with Crippen LogP contribution in [-0.4, -0.2) is 49.4 Å². The molecule has 1 unspecified atom stereocenters. The number of tetrazole rings is 1. The standard InChI is InChI=1S/C16H20ClN5OS/c1-11-7-9-21(10-8-11)15(23)12(2)24-16-18-19-20-22(16)14-5-3-13(17)4-6-14/h3-6,11-12H,7-10H2,1-2H3. The molecule has 1 aromatic carbocycles. The molecule has 24 heavy (non-hydrogen) atoms. The molecule has 2 aromatic rings. The number of likely N-dealkylation sites (tertiary alicyclic amines) is 1. The van der Waals surface area contributed by atoms with Gasteiger partial charge in [0.1, 0.15) is 0 Å². The highest BCUT2D eigenvalue weighted by molar-refractivity contribution is 8.00. The minimum absolute atomic E-state index is 0.151. The Hall–Kier alpha value is -1.60. The zero-order valence-electron chi connectivity index (χ0n) is 13.7. The van der Waals surface area contributed by atoms with Gasteiger partial charge in [-0.15, -0.1) is 5.10 Å². The maximum atomic E-state index is 12.6. The lowest BCUT2D eigenvalue weighted by Crippen LogP contribution is -2.41. The molecule has 2 heterocycles. The molecule has 1 atom stereocenters. The van der Waals surface area contributed by atoms with Crippen LogP contribution in [0.15, 0.2) is 29.4 Å². The van der Waals surface area contributed by atoms with Crippen molar-refractivity contribution < 1.29 is 4.79 Å². The van der Waals surface area contributed by atoms with Crippen molar-refractivity contribution in [2.75, 3.05) is 13.1 Å². The monoisotopic (exact) mass is 365 g/mol. The lowest BCUT2D eigenvalue weighted by molar-refractivity contribution is -0.131. The fourth-order valence-corrected chi connectivity index (χ4v) is 3.71. The quantitative estimate of drug-likeness (QED) is 0.779. The predicted molar refractivity (Wildman–Crippen MR) is 94.5 cm³/mol. The predicted octanol–water partition coefficient (Wildman–Crippen LogP) is 3.05. The molecule has 1 aliphatic rings. The van der Waals surface area contributed by atoms with Gasteiger partial charge in [-0.1, -0.05) is 30.3 Å². The second-order valence-electron chi connectivity index (χ2n) is 6.12. The zero-order valence-corrected chi connectivity index (χ0v) is 15.3. The van der Waals surface area contributed by atoms with Crippen LogP contribution in [0.1, 0.15) is 26.7 Å². The van der Waals surface area contributed by atoms with Crippen molar-refractivity contribution in [2.45, 2.75) is 37.1 Å². The molecule has 0 saturated carbocycles. The Labute approximate surface area is 150 Å². The fraction of sp³-hybridized carbons (Fsp3) is 0.500. The first kappa shape index (κ1) is 17.2. The van der Waals surface area contributed by atoms with Crippen molar-refractivity contribution in [1.82, 2.24) is 25.1 Å². The molecule has 1 fully saturated rings. The van der Waals surface area contributed by atoms with Crippen molar-refractivity contribution in [2.24, 2.45) is 5.92 Å². The van der Waals surface area contributed by atoms with Crippen molar-refractivity contribution in [3.63, 3.8) is 0 Å². The van der Waals surface area contributed by atoms with E-state index in [9.17, 15) is 4.79 Å². The highest BCUT2D eigenvalue weighted by Gasteiger charge is 2.26. The molecule has 1 amide bonds. The lowest BCUT2D eigenvalue weighted by atomic mass is 9.99. The van der Waals surface area contributed by atoms with Gasteiger partial charge < -0.3 is 4.90 Å². The highest BCUT2D eigenvalue weighted by atomic mass is 35.5. The number of nitrogens with zero attached hydrogens (tertiary/aromatic N) is 5. The van der Waals surface area contributed by atoms with Gasteiger partial charge in [-0.25, -0.2) is 0 Å². The molecule has 0 N–H and O–H groups in total. The maximum absolute atomic E-state index is 12.6. The molecule has 0 radical (unpaired) electrons. The average molecular weight is 366 g/mol. The number of piperidine rings is 1. The number of aromatic nitrogens is 4. The molecular weight excluding hydrogens is 346 g/mol. The normalized spacial score (nSPS) is 17.0. The highest BCUT2D eigenvalue weighted by Crippen LogP contribution is 2.26. The van der Waals surface area contributed by atoms with Gasteiger partial charge in [0.05, 0.1) is 10.9 Å². The topological polar surface area (TPSA) is 63.9 Å². The van der Waals surface area contributed by atoms with Crippen LogP contribution in [0.5, 0.6) is 0 Å². The van der Waals surface area contributed by atoms with Gasteiger partial charge >= 0.3 is 0 Å². The molecule has 3 rings (SSSR count). The summed E-state index contributed by atoms with van der Waals surface area (Å²) in [7, 11) is 0. The van der Waals surface area contributed by atoms with Gasteiger partial charge in [0.25, 0.3) is 0 Å². The smallest absolute Gasteiger partial charge is 0.235 e. The van der Waals surface area contributed by atoms with Crippen molar-refractivity contribution >= 4 is 29.3 Å². The summed E-state index contributed by atoms with van der Waals surface area (Å²) in [5.41, 5.74) is 0.818. The van der Waals surface area contributed by atoms with E-state index in [1.165, 1.54) is 11.8 Å². The van der Waals surface area contributed by atoms with Crippen LogP contribution in [0.25, 0.3) is 5.69 Å². The molecule has 1 aromatic heterocycles. The molecule has 6 nitrogen and oxygen atoms in total. The van der Waals surface area contributed by atoms with E-state index < -0.39 is 0 Å². The van der Waals surface area contributed by atoms with E-state index >= 15 is 0 Å². The molecule has 0 spiro atoms. The second kappa shape index (κ2) is 7.53. The number of halogens is 1. The number of thioether (sulfide) groups is 1. The number of benzene rings is 1. The number of amides is 1. The van der Waals surface area contributed by atoms with E-state index in [4.69, 9.17) is 11.6 Å². The van der Waals surface area contributed by atoms with Gasteiger partial charge in [0.15, 0.2) is 0 Å². The summed E-state index contributed by atoms with van der Waals surface area (Å²) in [4.78, 5) is 14.6. The number of hydrogen-bond acceptors (Lipinski definition) is 5. The summed E-state index contributed by atoms with van der Waals surface area (Å²) >= 11 is 7.30. The maximum Gasteiger partial charge on any atom is 0.235 e. The van der Waals surface area contributed by atoms with Crippen LogP contribution in [0, 0.1) is 5.92 Å². The third-order valence-electron chi connectivity index (χ3n) is 4.24. The summed E-state index contributed by atoms with van der Waals surface area (Å²) in [6.45, 7) is 5.83. The van der Waals surface area contributed by atoms with Crippen LogP contribution < -0.4 is 0 Å². The minimum Gasteiger partial charge on any atom is -0.342 e. The van der Waals surface area contributed by atoms with Crippen LogP contribution in [0.4, 0.5) is 0 Å². The van der Waals surface area contributed by atoms with E-state index in [1.54, 1.807) is 16.8 Å². The van der Waals surface area contributed by atoms with Crippen LogP contribution in [-0.2, 0) is 4.79 Å². The Kier molecular flexibility index (Phi) is 5.40. The summed E-state index contributed by atoms with van der Waals surface area (Å²) in [5.74, 6) is 0.853. The van der Waals surface area contributed by atoms with Crippen molar-refractivity contribution in [1.29, 1.82) is 0 Å². The van der Waals surface area contributed by atoms with E-state index in [1.807, 2.05) is 24.0 Å². The molecule has 0 bridgehead atoms. The number of carbonyl (C=O) groups is 1. The van der Waals surface area contributed by atoms with E-state index in [-0.39, 0.29) is 11.2 Å². The Morgan fingerprint density at radius 3 is 2.62 bits per heavy atom. The SMILES string of the molecule is CC1CCN(C(=O)C(C)Sc2nnnn2-c2ccc(Cl)cc2)CC1. The molecule has 128 valence electrons. The summed E-state index contributed by atoms with van der Waals surface area (Å²) in [6.07, 6.45) is 2.15. The van der Waals surface area contributed by atoms with E-state index in [0.29, 0.717) is 16.1 Å². The van der Waals surface area contributed by atoms with Gasteiger partial charge in [-0.2, -0.15) is 4.68 Å². The third kappa shape index (κ3) is 3.89. The number of carbonyl (C=O) groups excluding carboxylic acids is 1. The zero-order chi connectivity index (χ0) is 17.1. The minimum atomic E-state index is -0.226. The summed E-state index contributed by atoms with van der Waals surface area (Å²) in [5, 5.41) is 12.8.